The minimum Gasteiger partial charge on any atom is -0.454 e. The lowest BCUT2D eigenvalue weighted by Gasteiger charge is -2.19. The number of fused-ring (bicyclic) bond motifs is 3. The highest BCUT2D eigenvalue weighted by atomic mass is 16.3. The number of pyridine rings is 1. The molecule has 0 aliphatic carbocycles. The average Bonchev–Trinajstić information content (AvgIpc) is 3.35. The van der Waals surface area contributed by atoms with Gasteiger partial charge in [-0.25, -0.2) is 4.57 Å². The summed E-state index contributed by atoms with van der Waals surface area (Å²) in [5.41, 5.74) is 7.54. The van der Waals surface area contributed by atoms with Gasteiger partial charge in [0.2, 0.25) is 5.69 Å². The second-order valence-corrected chi connectivity index (χ2v) is 11.3. The molecule has 0 atom stereocenters. The third-order valence-electron chi connectivity index (χ3n) is 7.20. The zero-order valence-corrected chi connectivity index (χ0v) is 23.1. The zero-order valence-electron chi connectivity index (χ0n) is 28.1. The Morgan fingerprint density at radius 1 is 0.769 bits per heavy atom. The van der Waals surface area contributed by atoms with Crippen molar-refractivity contribution in [1.29, 1.82) is 0 Å². The van der Waals surface area contributed by atoms with Crippen LogP contribution in [0, 0.1) is 19.2 Å². The molecule has 6 aromatic rings. The second-order valence-electron chi connectivity index (χ2n) is 11.3. The predicted molar refractivity (Wildman–Crippen MR) is 164 cm³/mol. The Morgan fingerprint density at radius 2 is 1.49 bits per heavy atom. The summed E-state index contributed by atoms with van der Waals surface area (Å²) < 4.78 is 51.4. The summed E-state index contributed by atoms with van der Waals surface area (Å²) in [4.78, 5) is 0. The fourth-order valence-electron chi connectivity index (χ4n) is 5.41. The Morgan fingerprint density at radius 3 is 2.26 bits per heavy atom. The maximum Gasteiger partial charge on any atom is 0.216 e. The summed E-state index contributed by atoms with van der Waals surface area (Å²) in [5, 5.41) is 1.93. The second kappa shape index (κ2) is 9.54. The third kappa shape index (κ3) is 4.65. The molecular weight excluding hydrogens is 474 g/mol. The van der Waals surface area contributed by atoms with Gasteiger partial charge in [-0.15, -0.1) is 0 Å². The van der Waals surface area contributed by atoms with Crippen molar-refractivity contribution in [3.8, 4) is 33.5 Å². The van der Waals surface area contributed by atoms with Crippen LogP contribution in [0.25, 0.3) is 55.4 Å². The van der Waals surface area contributed by atoms with Gasteiger partial charge in [-0.2, -0.15) is 0 Å². The van der Waals surface area contributed by atoms with Crippen LogP contribution in [0.15, 0.2) is 102 Å². The van der Waals surface area contributed by atoms with Crippen LogP contribution in [-0.2, 0) is 13.4 Å². The van der Waals surface area contributed by atoms with Gasteiger partial charge in [0.1, 0.15) is 18.2 Å². The van der Waals surface area contributed by atoms with Gasteiger partial charge in [-0.1, -0.05) is 99.6 Å². The molecule has 0 bridgehead atoms. The highest BCUT2D eigenvalue weighted by molar-refractivity contribution is 6.13. The summed E-state index contributed by atoms with van der Waals surface area (Å²) in [7, 11) is 1.81. The fraction of sp³-hybridized carbons (Fsp3) is 0.216. The number of benzene rings is 4. The Balaban J connectivity index is 1.61. The van der Waals surface area contributed by atoms with E-state index in [4.69, 9.17) is 11.3 Å². The van der Waals surface area contributed by atoms with Gasteiger partial charge in [0.25, 0.3) is 0 Å². The van der Waals surface area contributed by atoms with E-state index in [9.17, 15) is 0 Å². The van der Waals surface area contributed by atoms with E-state index in [-0.39, 0.29) is 11.1 Å². The molecular formula is C37H36NO+. The van der Waals surface area contributed by atoms with E-state index >= 15 is 0 Å². The van der Waals surface area contributed by atoms with Crippen LogP contribution in [0.5, 0.6) is 0 Å². The number of aryl methyl sites for hydroxylation is 3. The van der Waals surface area contributed by atoms with Crippen LogP contribution >= 0.6 is 0 Å². The minimum atomic E-state index is -2.48. The fourth-order valence-corrected chi connectivity index (χ4v) is 5.41. The number of hydrogen-bond acceptors (Lipinski definition) is 1. The molecule has 2 heteroatoms. The van der Waals surface area contributed by atoms with Gasteiger partial charge in [-0.3, -0.25) is 0 Å². The van der Waals surface area contributed by atoms with Gasteiger partial charge in [0.05, 0.1) is 5.56 Å². The molecule has 0 N–H and O–H groups in total. The molecule has 0 fully saturated rings. The number of hydrogen-bond donors (Lipinski definition) is 0. The van der Waals surface area contributed by atoms with Crippen molar-refractivity contribution in [3.05, 3.63) is 114 Å². The maximum atomic E-state index is 9.06. The largest absolute Gasteiger partial charge is 0.454 e. The van der Waals surface area contributed by atoms with E-state index in [0.717, 1.165) is 49.7 Å². The van der Waals surface area contributed by atoms with Crippen molar-refractivity contribution < 1.29 is 15.8 Å². The van der Waals surface area contributed by atoms with Gasteiger partial charge < -0.3 is 4.42 Å². The molecule has 0 saturated carbocycles. The molecule has 0 radical (unpaired) electrons. The highest BCUT2D eigenvalue weighted by Crippen LogP contribution is 2.41. The minimum absolute atomic E-state index is 0.0127. The first kappa shape index (κ1) is 19.8. The predicted octanol–water partition coefficient (Wildman–Crippen LogP) is 9.62. The number of aromatic nitrogens is 1. The lowest BCUT2D eigenvalue weighted by Crippen LogP contribution is -2.32. The molecule has 0 unspecified atom stereocenters. The summed E-state index contributed by atoms with van der Waals surface area (Å²) in [6, 6.07) is 30.7. The monoisotopic (exact) mass is 515 g/mol. The molecule has 0 spiro atoms. The standard InChI is InChI=1S/C37H36NO/c1-24-18-19-32-31-17-11-16-30(28-15-10-14-27(20-28)26-12-8-7-9-13-26)35(31)39-36(32)34(24)33-21-29(22-37(3,4)5)25(2)23-38(33)6/h7-21,23H,22H2,1-6H3/q+1/i2D3,22D2. The molecule has 4 aromatic carbocycles. The van der Waals surface area contributed by atoms with Crippen molar-refractivity contribution in [2.24, 2.45) is 12.5 Å². The molecule has 2 aromatic heterocycles. The molecule has 0 aliphatic heterocycles. The summed E-state index contributed by atoms with van der Waals surface area (Å²) in [5.74, 6) is 0. The average molecular weight is 516 g/mol. The molecule has 194 valence electrons. The SMILES string of the molecule is [2H]C([2H])([2H])c1c[n+](C)c(-c2c(C)ccc3c2oc2c(-c4cccc(-c5ccccc5)c4)cccc23)cc1C([2H])([2H])C(C)(C)C. The zero-order chi connectivity index (χ0) is 31.6. The highest BCUT2D eigenvalue weighted by Gasteiger charge is 2.24. The van der Waals surface area contributed by atoms with Crippen LogP contribution in [0.2, 0.25) is 0 Å². The number of nitrogens with zero attached hydrogens (tertiary/aromatic N) is 1. The molecule has 2 nitrogen and oxygen atoms in total. The Kier molecular flexibility index (Phi) is 4.85. The lowest BCUT2D eigenvalue weighted by atomic mass is 9.86. The van der Waals surface area contributed by atoms with Crippen LogP contribution in [0.4, 0.5) is 0 Å². The topological polar surface area (TPSA) is 17.0 Å². The molecule has 0 amide bonds. The van der Waals surface area contributed by atoms with E-state index in [2.05, 4.69) is 54.6 Å². The van der Waals surface area contributed by atoms with Crippen LogP contribution in [0.3, 0.4) is 0 Å². The van der Waals surface area contributed by atoms with E-state index < -0.39 is 18.6 Å². The summed E-state index contributed by atoms with van der Waals surface area (Å²) in [6.07, 6.45) is -0.352. The molecule has 2 heterocycles. The normalized spacial score (nSPS) is 14.5. The molecule has 0 aliphatic rings. The molecule has 0 saturated heterocycles. The Hall–Kier alpha value is -4.17. The van der Waals surface area contributed by atoms with Crippen molar-refractivity contribution in [3.63, 3.8) is 0 Å². The van der Waals surface area contributed by atoms with Crippen LogP contribution in [-0.4, -0.2) is 0 Å². The van der Waals surface area contributed by atoms with E-state index in [1.54, 1.807) is 37.6 Å². The smallest absolute Gasteiger partial charge is 0.216 e. The Labute approximate surface area is 238 Å². The van der Waals surface area contributed by atoms with Gasteiger partial charge in [0, 0.05) is 34.8 Å². The molecule has 6 rings (SSSR count). The van der Waals surface area contributed by atoms with E-state index in [1.165, 1.54) is 0 Å². The van der Waals surface area contributed by atoms with Crippen molar-refractivity contribution in [1.82, 2.24) is 0 Å². The molecule has 39 heavy (non-hydrogen) atoms. The van der Waals surface area contributed by atoms with Gasteiger partial charge in [0.15, 0.2) is 6.20 Å². The Bertz CT molecular complexity index is 2030. The summed E-state index contributed by atoms with van der Waals surface area (Å²) >= 11 is 0. The van der Waals surface area contributed by atoms with Crippen LogP contribution in [0.1, 0.15) is 44.3 Å². The number of para-hydroxylation sites is 1. The maximum absolute atomic E-state index is 9.06. The van der Waals surface area contributed by atoms with E-state index in [0.29, 0.717) is 11.3 Å². The quantitative estimate of drug-likeness (QED) is 0.214. The lowest BCUT2D eigenvalue weighted by molar-refractivity contribution is -0.660. The van der Waals surface area contributed by atoms with Crippen LogP contribution < -0.4 is 4.57 Å². The van der Waals surface area contributed by atoms with Crippen molar-refractivity contribution >= 4 is 21.9 Å². The van der Waals surface area contributed by atoms with Crippen molar-refractivity contribution in [2.45, 2.75) is 40.9 Å². The van der Waals surface area contributed by atoms with Gasteiger partial charge in [-0.05, 0) is 59.4 Å². The third-order valence-corrected chi connectivity index (χ3v) is 7.20. The van der Waals surface area contributed by atoms with Crippen molar-refractivity contribution in [2.75, 3.05) is 0 Å². The number of furan rings is 1. The van der Waals surface area contributed by atoms with E-state index in [1.807, 2.05) is 44.3 Å². The van der Waals surface area contributed by atoms with Gasteiger partial charge >= 0.3 is 0 Å². The first-order chi connectivity index (χ1) is 20.7. The first-order valence-corrected chi connectivity index (χ1v) is 13.3. The summed E-state index contributed by atoms with van der Waals surface area (Å²) in [6.45, 7) is 4.91. The number of rotatable bonds is 4. The first-order valence-electron chi connectivity index (χ1n) is 15.8.